The topological polar surface area (TPSA) is 70.7 Å². The Kier molecular flexibility index (Phi) is 3.55. The molecule has 0 aliphatic heterocycles. The molecule has 1 amide bonds. The van der Waals surface area contributed by atoms with E-state index in [0.29, 0.717) is 10.8 Å². The lowest BCUT2D eigenvalue weighted by Gasteiger charge is -2.02. The molecule has 82 valence electrons. The quantitative estimate of drug-likeness (QED) is 0.787. The Balaban J connectivity index is 1.81. The summed E-state index contributed by atoms with van der Waals surface area (Å²) < 4.78 is 0. The second-order valence-corrected chi connectivity index (χ2v) is 4.01. The fourth-order valence-corrected chi connectivity index (χ4v) is 1.70. The van der Waals surface area contributed by atoms with Crippen molar-refractivity contribution in [2.75, 3.05) is 11.1 Å². The zero-order chi connectivity index (χ0) is 11.2. The highest BCUT2D eigenvalue weighted by Crippen LogP contribution is 2.13. The molecule has 5 nitrogen and oxygen atoms in total. The van der Waals surface area contributed by atoms with E-state index in [1.807, 2.05) is 30.3 Å². The fraction of sp³-hybridized carbons (Fsp3) is 0.100. The number of nitrogens with zero attached hydrogens (tertiary/aromatic N) is 2. The summed E-state index contributed by atoms with van der Waals surface area (Å²) in [5.41, 5.74) is 0.799. The molecule has 2 N–H and O–H groups in total. The first-order chi connectivity index (χ1) is 7.84. The first-order valence-corrected chi connectivity index (χ1v) is 5.66. The largest absolute Gasteiger partial charge is 0.325 e. The van der Waals surface area contributed by atoms with E-state index in [4.69, 9.17) is 0 Å². The number of nitrogens with one attached hydrogen (secondary N) is 2. The minimum Gasteiger partial charge on any atom is -0.325 e. The highest BCUT2D eigenvalue weighted by Gasteiger charge is 2.04. The number of thioether (sulfide) groups is 1. The number of aromatic nitrogens is 3. The van der Waals surface area contributed by atoms with Crippen LogP contribution >= 0.6 is 11.8 Å². The van der Waals surface area contributed by atoms with Crippen LogP contribution in [0.15, 0.2) is 41.6 Å². The summed E-state index contributed by atoms with van der Waals surface area (Å²) in [6, 6.07) is 9.35. The Morgan fingerprint density at radius 3 is 2.88 bits per heavy atom. The van der Waals surface area contributed by atoms with Crippen LogP contribution in [0.1, 0.15) is 0 Å². The average Bonchev–Trinajstić information content (AvgIpc) is 2.81. The van der Waals surface area contributed by atoms with Crippen LogP contribution in [0.5, 0.6) is 0 Å². The average molecular weight is 234 g/mol. The van der Waals surface area contributed by atoms with Crippen molar-refractivity contribution in [2.24, 2.45) is 0 Å². The van der Waals surface area contributed by atoms with Gasteiger partial charge in [0.25, 0.3) is 0 Å². The molecule has 0 atom stereocenters. The number of anilines is 1. The summed E-state index contributed by atoms with van der Waals surface area (Å²) in [4.78, 5) is 11.5. The zero-order valence-corrected chi connectivity index (χ0v) is 9.20. The summed E-state index contributed by atoms with van der Waals surface area (Å²) >= 11 is 1.34. The van der Waals surface area contributed by atoms with E-state index in [0.717, 1.165) is 5.69 Å². The highest BCUT2D eigenvalue weighted by atomic mass is 32.2. The van der Waals surface area contributed by atoms with Gasteiger partial charge in [0, 0.05) is 5.69 Å². The van der Waals surface area contributed by atoms with Crippen LogP contribution in [-0.2, 0) is 4.79 Å². The fourth-order valence-electron chi connectivity index (χ4n) is 1.12. The van der Waals surface area contributed by atoms with Crippen LogP contribution in [0.3, 0.4) is 0 Å². The smallest absolute Gasteiger partial charge is 0.234 e. The predicted octanol–water partition coefficient (Wildman–Crippen LogP) is 1.54. The SMILES string of the molecule is O=C(CSc1cn[nH]n1)Nc1ccccc1. The monoisotopic (exact) mass is 234 g/mol. The van der Waals surface area contributed by atoms with Crippen molar-refractivity contribution in [3.8, 4) is 0 Å². The summed E-state index contributed by atoms with van der Waals surface area (Å²) in [7, 11) is 0. The number of para-hydroxylation sites is 1. The number of carbonyl (C=O) groups excluding carboxylic acids is 1. The number of carbonyl (C=O) groups is 1. The lowest BCUT2D eigenvalue weighted by molar-refractivity contribution is -0.113. The van der Waals surface area contributed by atoms with Crippen LogP contribution in [0.4, 0.5) is 5.69 Å². The zero-order valence-electron chi connectivity index (χ0n) is 8.38. The molecule has 2 rings (SSSR count). The van der Waals surface area contributed by atoms with Crippen molar-refractivity contribution in [3.05, 3.63) is 36.5 Å². The van der Waals surface area contributed by atoms with Crippen LogP contribution in [0.2, 0.25) is 0 Å². The lowest BCUT2D eigenvalue weighted by Crippen LogP contribution is -2.13. The number of hydrogen-bond donors (Lipinski definition) is 2. The Morgan fingerprint density at radius 2 is 2.19 bits per heavy atom. The van der Waals surface area contributed by atoms with Crippen LogP contribution in [-0.4, -0.2) is 27.1 Å². The second kappa shape index (κ2) is 5.32. The minimum atomic E-state index is -0.0563. The first-order valence-electron chi connectivity index (χ1n) is 4.68. The van der Waals surface area contributed by atoms with Crippen molar-refractivity contribution < 1.29 is 4.79 Å². The van der Waals surface area contributed by atoms with E-state index < -0.39 is 0 Å². The van der Waals surface area contributed by atoms with E-state index in [1.165, 1.54) is 11.8 Å². The van der Waals surface area contributed by atoms with Crippen molar-refractivity contribution >= 4 is 23.4 Å². The van der Waals surface area contributed by atoms with Gasteiger partial charge >= 0.3 is 0 Å². The third kappa shape index (κ3) is 3.09. The number of rotatable bonds is 4. The second-order valence-electron chi connectivity index (χ2n) is 3.01. The highest BCUT2D eigenvalue weighted by molar-refractivity contribution is 7.99. The molecule has 0 radical (unpaired) electrons. The molecular formula is C10H10N4OS. The van der Waals surface area contributed by atoms with Gasteiger partial charge in [-0.25, -0.2) is 0 Å². The van der Waals surface area contributed by atoms with E-state index in [1.54, 1.807) is 6.20 Å². The molecule has 16 heavy (non-hydrogen) atoms. The number of aromatic amines is 1. The normalized spacial score (nSPS) is 10.0. The van der Waals surface area contributed by atoms with E-state index in [-0.39, 0.29) is 5.91 Å². The number of H-pyrrole nitrogens is 1. The van der Waals surface area contributed by atoms with Gasteiger partial charge in [-0.15, -0.1) is 5.10 Å². The Hall–Kier alpha value is -1.82. The third-order valence-electron chi connectivity index (χ3n) is 1.80. The predicted molar refractivity (Wildman–Crippen MR) is 62.2 cm³/mol. The van der Waals surface area contributed by atoms with Crippen LogP contribution < -0.4 is 5.32 Å². The van der Waals surface area contributed by atoms with Gasteiger partial charge in [-0.3, -0.25) is 4.79 Å². The van der Waals surface area contributed by atoms with Gasteiger partial charge in [0.05, 0.1) is 11.9 Å². The van der Waals surface area contributed by atoms with Gasteiger partial charge in [-0.1, -0.05) is 30.0 Å². The van der Waals surface area contributed by atoms with Gasteiger partial charge in [-0.05, 0) is 12.1 Å². The van der Waals surface area contributed by atoms with Gasteiger partial charge in [-0.2, -0.15) is 10.3 Å². The minimum absolute atomic E-state index is 0.0563. The number of benzene rings is 1. The first kappa shape index (κ1) is 10.7. The Bertz CT molecular complexity index is 443. The molecule has 1 heterocycles. The van der Waals surface area contributed by atoms with Crippen LogP contribution in [0, 0.1) is 0 Å². The third-order valence-corrected chi connectivity index (χ3v) is 2.70. The van der Waals surface area contributed by atoms with E-state index in [2.05, 4.69) is 20.7 Å². The van der Waals surface area contributed by atoms with Crippen molar-refractivity contribution in [1.82, 2.24) is 15.4 Å². The maximum atomic E-state index is 11.5. The number of amides is 1. The Labute approximate surface area is 96.6 Å². The number of hydrogen-bond acceptors (Lipinski definition) is 4. The summed E-state index contributed by atoms with van der Waals surface area (Å²) in [5.74, 6) is 0.265. The molecule has 0 unspecified atom stereocenters. The molecule has 0 spiro atoms. The molecule has 1 aromatic carbocycles. The van der Waals surface area contributed by atoms with E-state index in [9.17, 15) is 4.79 Å². The molecule has 1 aromatic heterocycles. The summed E-state index contributed by atoms with van der Waals surface area (Å²) in [6.07, 6.45) is 1.58. The molecule has 6 heteroatoms. The molecule has 0 saturated carbocycles. The van der Waals surface area contributed by atoms with Gasteiger partial charge in [0.15, 0.2) is 0 Å². The molecule has 2 aromatic rings. The van der Waals surface area contributed by atoms with Crippen LogP contribution in [0.25, 0.3) is 0 Å². The Morgan fingerprint density at radius 1 is 1.38 bits per heavy atom. The van der Waals surface area contributed by atoms with Gasteiger partial charge in [0.2, 0.25) is 5.91 Å². The maximum Gasteiger partial charge on any atom is 0.234 e. The standard InChI is InChI=1S/C10H10N4OS/c15-9(7-16-10-6-11-14-13-10)12-8-4-2-1-3-5-8/h1-6H,7H2,(H,12,15)(H,11,13,14). The van der Waals surface area contributed by atoms with Gasteiger partial charge < -0.3 is 5.32 Å². The molecule has 0 bridgehead atoms. The summed E-state index contributed by atoms with van der Waals surface area (Å²) in [6.45, 7) is 0. The van der Waals surface area contributed by atoms with E-state index >= 15 is 0 Å². The molecular weight excluding hydrogens is 224 g/mol. The molecule has 0 aliphatic carbocycles. The van der Waals surface area contributed by atoms with Gasteiger partial charge in [0.1, 0.15) is 5.03 Å². The van der Waals surface area contributed by atoms with Crippen molar-refractivity contribution in [3.63, 3.8) is 0 Å². The molecule has 0 fully saturated rings. The lowest BCUT2D eigenvalue weighted by atomic mass is 10.3. The maximum absolute atomic E-state index is 11.5. The van der Waals surface area contributed by atoms with Crippen molar-refractivity contribution in [1.29, 1.82) is 0 Å². The summed E-state index contributed by atoms with van der Waals surface area (Å²) in [5, 5.41) is 13.5. The molecule has 0 saturated heterocycles. The van der Waals surface area contributed by atoms with Crippen molar-refractivity contribution in [2.45, 2.75) is 5.03 Å². The molecule has 0 aliphatic rings.